The highest BCUT2D eigenvalue weighted by Gasteiger charge is 2.32. The molecule has 1 amide bonds. The molecule has 0 bridgehead atoms. The van der Waals surface area contributed by atoms with Crippen LogP contribution >= 0.6 is 11.8 Å². The van der Waals surface area contributed by atoms with Crippen LogP contribution in [0.5, 0.6) is 5.75 Å². The summed E-state index contributed by atoms with van der Waals surface area (Å²) in [7, 11) is 1.65. The van der Waals surface area contributed by atoms with Gasteiger partial charge in [-0.3, -0.25) is 4.79 Å². The Labute approximate surface area is 158 Å². The van der Waals surface area contributed by atoms with Gasteiger partial charge >= 0.3 is 0 Å². The Kier molecular flexibility index (Phi) is 5.55. The van der Waals surface area contributed by atoms with E-state index >= 15 is 0 Å². The number of benzene rings is 1. The number of hydrogen-bond acceptors (Lipinski definition) is 6. The Morgan fingerprint density at radius 1 is 1.27 bits per heavy atom. The lowest BCUT2D eigenvalue weighted by Gasteiger charge is -2.22. The third-order valence-corrected chi connectivity index (χ3v) is 4.99. The Morgan fingerprint density at radius 3 is 2.50 bits per heavy atom. The molecule has 1 fully saturated rings. The Bertz CT molecular complexity index is 748. The molecule has 0 unspecified atom stereocenters. The van der Waals surface area contributed by atoms with Crippen LogP contribution < -0.4 is 4.74 Å². The molecule has 1 aliphatic rings. The topological polar surface area (TPSA) is 68.5 Å². The minimum Gasteiger partial charge on any atom is -0.497 e. The van der Waals surface area contributed by atoms with E-state index in [-0.39, 0.29) is 11.3 Å². The number of thioether (sulfide) groups is 1. The van der Waals surface area contributed by atoms with Crippen LogP contribution in [0.1, 0.15) is 45.1 Å². The molecule has 3 rings (SSSR count). The number of methoxy groups -OCH3 is 1. The third-order valence-electron chi connectivity index (χ3n) is 4.19. The van der Waals surface area contributed by atoms with Crippen molar-refractivity contribution in [1.82, 2.24) is 15.1 Å². The van der Waals surface area contributed by atoms with E-state index < -0.39 is 0 Å². The van der Waals surface area contributed by atoms with Crippen LogP contribution in [0.3, 0.4) is 0 Å². The van der Waals surface area contributed by atoms with Crippen molar-refractivity contribution in [2.45, 2.75) is 56.8 Å². The number of aromatic nitrogens is 2. The first kappa shape index (κ1) is 18.8. The van der Waals surface area contributed by atoms with Gasteiger partial charge in [-0.1, -0.05) is 44.7 Å². The fourth-order valence-electron chi connectivity index (χ4n) is 2.51. The molecule has 1 saturated carbocycles. The standard InChI is InChI=1S/C19H25N3O3S/c1-19(2,3)17-20-21-18(25-17)26-12-16(23)22(14-7-8-14)11-13-5-9-15(24-4)10-6-13/h5-6,9-10,14H,7-8,11-12H2,1-4H3. The van der Waals surface area contributed by atoms with Gasteiger partial charge in [0.25, 0.3) is 5.22 Å². The van der Waals surface area contributed by atoms with Gasteiger partial charge in [0.2, 0.25) is 11.8 Å². The molecule has 1 heterocycles. The molecule has 1 aromatic carbocycles. The van der Waals surface area contributed by atoms with E-state index in [0.717, 1.165) is 24.2 Å². The highest BCUT2D eigenvalue weighted by Crippen LogP contribution is 2.30. The van der Waals surface area contributed by atoms with E-state index in [4.69, 9.17) is 9.15 Å². The van der Waals surface area contributed by atoms with Crippen LogP contribution in [-0.4, -0.2) is 39.9 Å². The summed E-state index contributed by atoms with van der Waals surface area (Å²) in [5.41, 5.74) is 0.911. The first-order valence-electron chi connectivity index (χ1n) is 8.76. The lowest BCUT2D eigenvalue weighted by atomic mass is 9.97. The number of nitrogens with zero attached hydrogens (tertiary/aromatic N) is 3. The van der Waals surface area contributed by atoms with Crippen molar-refractivity contribution in [2.75, 3.05) is 12.9 Å². The van der Waals surface area contributed by atoms with Gasteiger partial charge in [0.1, 0.15) is 5.75 Å². The number of carbonyl (C=O) groups excluding carboxylic acids is 1. The Morgan fingerprint density at radius 2 is 1.96 bits per heavy atom. The zero-order chi connectivity index (χ0) is 18.7. The molecule has 7 heteroatoms. The molecule has 0 N–H and O–H groups in total. The maximum atomic E-state index is 12.7. The van der Waals surface area contributed by atoms with Gasteiger partial charge in [0.15, 0.2) is 0 Å². The van der Waals surface area contributed by atoms with Gasteiger partial charge < -0.3 is 14.1 Å². The van der Waals surface area contributed by atoms with E-state index in [1.807, 2.05) is 49.9 Å². The second-order valence-electron chi connectivity index (χ2n) is 7.51. The summed E-state index contributed by atoms with van der Waals surface area (Å²) in [5, 5.41) is 8.55. The number of ether oxygens (including phenoxy) is 1. The molecule has 140 valence electrons. The summed E-state index contributed by atoms with van der Waals surface area (Å²) in [6.07, 6.45) is 2.14. The zero-order valence-corrected chi connectivity index (χ0v) is 16.5. The molecule has 0 atom stereocenters. The summed E-state index contributed by atoms with van der Waals surface area (Å²) in [4.78, 5) is 14.7. The molecule has 26 heavy (non-hydrogen) atoms. The third kappa shape index (κ3) is 4.78. The molecular weight excluding hydrogens is 350 g/mol. The van der Waals surface area contributed by atoms with Crippen molar-refractivity contribution < 1.29 is 13.9 Å². The molecular formula is C19H25N3O3S. The van der Waals surface area contributed by atoms with E-state index in [1.165, 1.54) is 11.8 Å². The van der Waals surface area contributed by atoms with Gasteiger partial charge in [0.05, 0.1) is 12.9 Å². The number of carbonyl (C=O) groups is 1. The van der Waals surface area contributed by atoms with E-state index in [2.05, 4.69) is 10.2 Å². The molecule has 6 nitrogen and oxygen atoms in total. The first-order valence-corrected chi connectivity index (χ1v) is 9.74. The maximum absolute atomic E-state index is 12.7. The summed E-state index contributed by atoms with van der Waals surface area (Å²) in [6, 6.07) is 8.20. The van der Waals surface area contributed by atoms with Crippen molar-refractivity contribution in [1.29, 1.82) is 0 Å². The zero-order valence-electron chi connectivity index (χ0n) is 15.7. The number of amides is 1. The average Bonchev–Trinajstić information content (AvgIpc) is 3.33. The molecule has 2 aromatic rings. The van der Waals surface area contributed by atoms with Crippen molar-refractivity contribution in [3.63, 3.8) is 0 Å². The Balaban J connectivity index is 1.59. The summed E-state index contributed by atoms with van der Waals surface area (Å²) in [6.45, 7) is 6.67. The smallest absolute Gasteiger partial charge is 0.277 e. The van der Waals surface area contributed by atoms with Crippen LogP contribution in [0.2, 0.25) is 0 Å². The molecule has 0 spiro atoms. The lowest BCUT2D eigenvalue weighted by molar-refractivity contribution is -0.129. The summed E-state index contributed by atoms with van der Waals surface area (Å²) < 4.78 is 10.8. The van der Waals surface area contributed by atoms with Gasteiger partial charge in [-0.15, -0.1) is 10.2 Å². The normalized spacial score (nSPS) is 14.3. The van der Waals surface area contributed by atoms with Crippen LogP contribution in [-0.2, 0) is 16.8 Å². The minimum absolute atomic E-state index is 0.101. The summed E-state index contributed by atoms with van der Waals surface area (Å²) in [5.74, 6) is 1.81. The second-order valence-corrected chi connectivity index (χ2v) is 8.44. The van der Waals surface area contributed by atoms with Crippen LogP contribution in [0.4, 0.5) is 0 Å². The monoisotopic (exact) mass is 375 g/mol. The molecule has 1 aliphatic carbocycles. The van der Waals surface area contributed by atoms with E-state index in [1.54, 1.807) is 7.11 Å². The largest absolute Gasteiger partial charge is 0.497 e. The fourth-order valence-corrected chi connectivity index (χ4v) is 3.16. The van der Waals surface area contributed by atoms with Crippen LogP contribution in [0, 0.1) is 0 Å². The lowest BCUT2D eigenvalue weighted by Crippen LogP contribution is -2.33. The second kappa shape index (κ2) is 7.70. The maximum Gasteiger partial charge on any atom is 0.277 e. The van der Waals surface area contributed by atoms with Crippen molar-refractivity contribution >= 4 is 17.7 Å². The fraction of sp³-hybridized carbons (Fsp3) is 0.526. The van der Waals surface area contributed by atoms with Gasteiger partial charge in [-0.25, -0.2) is 0 Å². The molecule has 0 radical (unpaired) electrons. The van der Waals surface area contributed by atoms with Crippen molar-refractivity contribution in [3.05, 3.63) is 35.7 Å². The van der Waals surface area contributed by atoms with Crippen LogP contribution in [0.15, 0.2) is 33.9 Å². The van der Waals surface area contributed by atoms with Gasteiger partial charge in [-0.05, 0) is 30.5 Å². The van der Waals surface area contributed by atoms with Gasteiger partial charge in [-0.2, -0.15) is 0 Å². The van der Waals surface area contributed by atoms with Gasteiger partial charge in [0, 0.05) is 18.0 Å². The average molecular weight is 375 g/mol. The van der Waals surface area contributed by atoms with E-state index in [0.29, 0.717) is 29.5 Å². The SMILES string of the molecule is COc1ccc(CN(C(=O)CSc2nnc(C(C)(C)C)o2)C2CC2)cc1. The van der Waals surface area contributed by atoms with Crippen LogP contribution in [0.25, 0.3) is 0 Å². The summed E-state index contributed by atoms with van der Waals surface area (Å²) >= 11 is 1.30. The van der Waals surface area contributed by atoms with Crippen molar-refractivity contribution in [3.8, 4) is 5.75 Å². The minimum atomic E-state index is -0.190. The number of hydrogen-bond donors (Lipinski definition) is 0. The molecule has 0 saturated heterocycles. The quantitative estimate of drug-likeness (QED) is 0.688. The molecule has 1 aromatic heterocycles. The predicted octanol–water partition coefficient (Wildman–Crippen LogP) is 3.66. The van der Waals surface area contributed by atoms with E-state index in [9.17, 15) is 4.79 Å². The highest BCUT2D eigenvalue weighted by atomic mass is 32.2. The Hall–Kier alpha value is -2.02. The first-order chi connectivity index (χ1) is 12.4. The predicted molar refractivity (Wildman–Crippen MR) is 100 cm³/mol. The highest BCUT2D eigenvalue weighted by molar-refractivity contribution is 7.99. The number of rotatable bonds is 7. The van der Waals surface area contributed by atoms with Crippen molar-refractivity contribution in [2.24, 2.45) is 0 Å². The molecule has 0 aliphatic heterocycles.